The molecule has 0 unspecified atom stereocenters. The average Bonchev–Trinajstić information content (AvgIpc) is 2.72. The zero-order chi connectivity index (χ0) is 20.2. The fourth-order valence-electron chi connectivity index (χ4n) is 3.44. The van der Waals surface area contributed by atoms with Crippen molar-refractivity contribution in [2.45, 2.75) is 49.5 Å². The first-order valence-electron chi connectivity index (χ1n) is 9.78. The smallest absolute Gasteiger partial charge is 0.488 e. The van der Waals surface area contributed by atoms with Gasteiger partial charge in [-0.1, -0.05) is 13.8 Å². The molecule has 3 aromatic rings. The normalized spacial score (nSPS) is 17.2. The summed E-state index contributed by atoms with van der Waals surface area (Å²) >= 11 is 1.23. The maximum atomic E-state index is 6.19. The molecule has 0 aliphatic heterocycles. The molecule has 2 aromatic heterocycles. The molecular weight excluding hydrogens is 527 g/mol. The van der Waals surface area contributed by atoms with E-state index < -0.39 is 0 Å². The van der Waals surface area contributed by atoms with Crippen molar-refractivity contribution in [3.05, 3.63) is 73.7 Å². The molecule has 0 spiro atoms. The Labute approximate surface area is 248 Å². The Kier molecular flexibility index (Phi) is 10.8. The van der Waals surface area contributed by atoms with Crippen molar-refractivity contribution in [3.8, 4) is 5.75 Å². The summed E-state index contributed by atoms with van der Waals surface area (Å²) in [6.45, 7) is 4.34. The third kappa shape index (κ3) is 6.94. The van der Waals surface area contributed by atoms with Crippen LogP contribution in [0.3, 0.4) is 0 Å². The van der Waals surface area contributed by atoms with E-state index in [9.17, 15) is 0 Å². The molecule has 31 heavy (non-hydrogen) atoms. The summed E-state index contributed by atoms with van der Waals surface area (Å²) < 4.78 is 6.19. The summed E-state index contributed by atoms with van der Waals surface area (Å²) in [6.07, 6.45) is 9.63. The van der Waals surface area contributed by atoms with E-state index in [4.69, 9.17) is 9.88 Å². The van der Waals surface area contributed by atoms with Crippen LogP contribution in [0.25, 0.3) is 0 Å². The zero-order valence-electron chi connectivity index (χ0n) is 18.6. The van der Waals surface area contributed by atoms with Crippen molar-refractivity contribution in [2.24, 2.45) is 5.14 Å². The van der Waals surface area contributed by atoms with Gasteiger partial charge >= 0.3 is 68.9 Å². The van der Waals surface area contributed by atoms with Crippen molar-refractivity contribution in [3.63, 3.8) is 0 Å². The van der Waals surface area contributed by atoms with Crippen LogP contribution in [-0.2, 0) is 0 Å². The Morgan fingerprint density at radius 1 is 1.06 bits per heavy atom. The SMILES string of the molecule is CC(C)c1ccncc1OC1CC(c2cnc(Nc3ccc(SN)cc3)nc2)C1.[CH3-].[Cs+]. The summed E-state index contributed by atoms with van der Waals surface area (Å²) in [5.74, 6) is 2.35. The maximum Gasteiger partial charge on any atom is 1.00 e. The summed E-state index contributed by atoms with van der Waals surface area (Å²) in [4.78, 5) is 14.2. The molecular formula is C23H28CsN5OS. The third-order valence-electron chi connectivity index (χ3n) is 5.22. The first-order valence-corrected chi connectivity index (χ1v) is 10.7. The van der Waals surface area contributed by atoms with E-state index in [1.807, 2.05) is 55.1 Å². The van der Waals surface area contributed by atoms with Crippen LogP contribution < -0.4 is 84.1 Å². The molecule has 0 bridgehead atoms. The number of ether oxygens (including phenoxy) is 1. The van der Waals surface area contributed by atoms with Gasteiger partial charge in [0.2, 0.25) is 5.95 Å². The van der Waals surface area contributed by atoms with Crippen LogP contribution in [-0.4, -0.2) is 21.1 Å². The Morgan fingerprint density at radius 2 is 1.74 bits per heavy atom. The quantitative estimate of drug-likeness (QED) is 0.342. The number of benzene rings is 1. The van der Waals surface area contributed by atoms with Gasteiger partial charge in [0.1, 0.15) is 5.75 Å². The van der Waals surface area contributed by atoms with Crippen LogP contribution in [0.5, 0.6) is 5.75 Å². The topological polar surface area (TPSA) is 86.0 Å². The van der Waals surface area contributed by atoms with E-state index in [0.29, 0.717) is 17.8 Å². The van der Waals surface area contributed by atoms with E-state index in [2.05, 4.69) is 34.1 Å². The first kappa shape index (κ1) is 26.7. The molecule has 0 saturated heterocycles. The second-order valence-corrected chi connectivity index (χ2v) is 8.29. The second kappa shape index (κ2) is 12.6. The molecule has 1 aliphatic carbocycles. The Balaban J connectivity index is 0.00000171. The summed E-state index contributed by atoms with van der Waals surface area (Å²) in [5.41, 5.74) is 3.30. The fourth-order valence-corrected chi connectivity index (χ4v) is 3.73. The summed E-state index contributed by atoms with van der Waals surface area (Å²) in [7, 11) is 0. The number of nitrogens with two attached hydrogens (primary N) is 1. The zero-order valence-corrected chi connectivity index (χ0v) is 25.7. The molecule has 4 rings (SSSR count). The van der Waals surface area contributed by atoms with Gasteiger partial charge in [-0.25, -0.2) is 9.97 Å². The van der Waals surface area contributed by atoms with Crippen molar-refractivity contribution < 1.29 is 73.6 Å². The minimum absolute atomic E-state index is 0. The molecule has 0 amide bonds. The van der Waals surface area contributed by atoms with Gasteiger partial charge in [0, 0.05) is 29.2 Å². The van der Waals surface area contributed by atoms with E-state index >= 15 is 0 Å². The number of anilines is 2. The van der Waals surface area contributed by atoms with Crippen LogP contribution in [0.15, 0.2) is 60.0 Å². The van der Waals surface area contributed by atoms with Gasteiger partial charge in [-0.3, -0.25) is 10.1 Å². The molecule has 158 valence electrons. The molecule has 1 fully saturated rings. The van der Waals surface area contributed by atoms with E-state index in [1.165, 1.54) is 17.5 Å². The summed E-state index contributed by atoms with van der Waals surface area (Å²) in [6, 6.07) is 9.89. The van der Waals surface area contributed by atoms with Crippen LogP contribution in [0.4, 0.5) is 11.6 Å². The van der Waals surface area contributed by atoms with Gasteiger partial charge in [0.25, 0.3) is 0 Å². The molecule has 1 saturated carbocycles. The van der Waals surface area contributed by atoms with Gasteiger partial charge in [-0.05, 0) is 78.1 Å². The molecule has 0 radical (unpaired) electrons. The molecule has 2 heterocycles. The van der Waals surface area contributed by atoms with Crippen molar-refractivity contribution in [2.75, 3.05) is 5.32 Å². The van der Waals surface area contributed by atoms with Gasteiger partial charge in [-0.2, -0.15) is 0 Å². The van der Waals surface area contributed by atoms with Gasteiger partial charge in [0.05, 0.1) is 12.3 Å². The predicted octanol–water partition coefficient (Wildman–Crippen LogP) is 2.48. The molecule has 8 heteroatoms. The Bertz CT molecular complexity index is 947. The monoisotopic (exact) mass is 555 g/mol. The van der Waals surface area contributed by atoms with Crippen LogP contribution in [0.2, 0.25) is 0 Å². The van der Waals surface area contributed by atoms with E-state index in [1.54, 1.807) is 0 Å². The number of pyridine rings is 1. The minimum Gasteiger partial charge on any atom is -0.488 e. The van der Waals surface area contributed by atoms with Gasteiger partial charge in [-0.15, -0.1) is 0 Å². The average molecular weight is 555 g/mol. The number of rotatable bonds is 7. The summed E-state index contributed by atoms with van der Waals surface area (Å²) in [5, 5.41) is 8.76. The standard InChI is InChI=1S/C22H25N5OS.CH3.Cs/c1-14(2)20-7-8-24-13-21(20)28-18-9-15(10-18)16-11-25-22(26-12-16)27-17-3-5-19(29-23)6-4-17;;/h3-8,11-15,18H,9-10,23H2,1-2H3,(H,25,26,27);1H3;/q;-1;+1. The first-order chi connectivity index (χ1) is 14.1. The predicted molar refractivity (Wildman–Crippen MR) is 123 cm³/mol. The van der Waals surface area contributed by atoms with Gasteiger partial charge in [0.15, 0.2) is 0 Å². The Morgan fingerprint density at radius 3 is 2.35 bits per heavy atom. The molecule has 3 N–H and O–H groups in total. The number of nitrogens with zero attached hydrogens (tertiary/aromatic N) is 3. The van der Waals surface area contributed by atoms with Crippen LogP contribution >= 0.6 is 11.9 Å². The Hall–Kier alpha value is -0.588. The van der Waals surface area contributed by atoms with E-state index in [-0.39, 0.29) is 82.4 Å². The fraction of sp³-hybridized carbons (Fsp3) is 0.304. The van der Waals surface area contributed by atoms with Crippen LogP contribution in [0.1, 0.15) is 49.7 Å². The van der Waals surface area contributed by atoms with Crippen LogP contribution in [0, 0.1) is 7.43 Å². The molecule has 0 atom stereocenters. The van der Waals surface area contributed by atoms with Crippen molar-refractivity contribution in [1.82, 2.24) is 15.0 Å². The maximum absolute atomic E-state index is 6.19. The second-order valence-electron chi connectivity index (χ2n) is 7.58. The number of nitrogens with one attached hydrogen (secondary N) is 1. The minimum atomic E-state index is 0. The molecule has 1 aromatic carbocycles. The van der Waals surface area contributed by atoms with Gasteiger partial charge < -0.3 is 17.5 Å². The van der Waals surface area contributed by atoms with Crippen molar-refractivity contribution in [1.29, 1.82) is 0 Å². The van der Waals surface area contributed by atoms with Crippen molar-refractivity contribution >= 4 is 23.6 Å². The molecule has 6 nitrogen and oxygen atoms in total. The number of hydrogen-bond acceptors (Lipinski definition) is 7. The molecule has 1 aliphatic rings. The third-order valence-corrected chi connectivity index (χ3v) is 5.76. The largest absolute Gasteiger partial charge is 1.00 e. The number of hydrogen-bond donors (Lipinski definition) is 2. The number of aromatic nitrogens is 3. The van der Waals surface area contributed by atoms with E-state index in [0.717, 1.165) is 34.7 Å².